The number of aliphatic hydroxyl groups is 1. The summed E-state index contributed by atoms with van der Waals surface area (Å²) in [5.41, 5.74) is 2.95. The van der Waals surface area contributed by atoms with E-state index in [1.54, 1.807) is 0 Å². The van der Waals surface area contributed by atoms with Crippen LogP contribution in [0.1, 0.15) is 50.7 Å². The molecule has 2 aromatic carbocycles. The number of benzene rings is 2. The van der Waals surface area contributed by atoms with Crippen molar-refractivity contribution in [2.24, 2.45) is 0 Å². The van der Waals surface area contributed by atoms with Crippen molar-refractivity contribution in [3.05, 3.63) is 59.7 Å². The third-order valence-corrected chi connectivity index (χ3v) is 6.01. The minimum atomic E-state index is -1.49. The van der Waals surface area contributed by atoms with Crippen LogP contribution in [0.25, 0.3) is 11.1 Å². The Morgan fingerprint density at radius 2 is 1.61 bits per heavy atom. The van der Waals surface area contributed by atoms with Crippen molar-refractivity contribution in [3.63, 3.8) is 0 Å². The molecule has 176 valence electrons. The van der Waals surface area contributed by atoms with E-state index in [4.69, 9.17) is 4.74 Å². The molecule has 0 heterocycles. The fourth-order valence-corrected chi connectivity index (χ4v) is 4.28. The largest absolute Gasteiger partial charge is 0.480 e. The van der Waals surface area contributed by atoms with Gasteiger partial charge in [-0.1, -0.05) is 61.9 Å². The summed E-state index contributed by atoms with van der Waals surface area (Å²) in [7, 11) is 0. The van der Waals surface area contributed by atoms with Gasteiger partial charge in [0.15, 0.2) is 6.04 Å². The molecule has 8 nitrogen and oxygen atoms in total. The normalized spacial score (nSPS) is 16.0. The van der Waals surface area contributed by atoms with Gasteiger partial charge in [0.25, 0.3) is 0 Å². The lowest BCUT2D eigenvalue weighted by Crippen LogP contribution is -2.61. The molecular weight excluding hydrogens is 424 g/mol. The highest BCUT2D eigenvalue weighted by atomic mass is 16.5. The number of alkyl carbamates (subject to hydrolysis) is 1. The minimum Gasteiger partial charge on any atom is -0.480 e. The second kappa shape index (κ2) is 10.0. The number of aliphatic hydroxyl groups excluding tert-OH is 1. The van der Waals surface area contributed by atoms with Gasteiger partial charge in [-0.2, -0.15) is 0 Å². The Labute approximate surface area is 193 Å². The number of hydrogen-bond acceptors (Lipinski definition) is 5. The Balaban J connectivity index is 1.71. The van der Waals surface area contributed by atoms with Gasteiger partial charge in [-0.15, -0.1) is 0 Å². The number of rotatable bonds is 9. The molecule has 3 rings (SSSR count). The summed E-state index contributed by atoms with van der Waals surface area (Å²) in [6.07, 6.45) is -1.26. The number of nitrogens with one attached hydrogen (secondary N) is 2. The Hall–Kier alpha value is -3.39. The van der Waals surface area contributed by atoms with Crippen LogP contribution in [0.2, 0.25) is 0 Å². The molecule has 0 aliphatic heterocycles. The smallest absolute Gasteiger partial charge is 0.408 e. The van der Waals surface area contributed by atoms with Crippen LogP contribution in [-0.2, 0) is 14.3 Å². The summed E-state index contributed by atoms with van der Waals surface area (Å²) in [4.78, 5) is 36.9. The summed E-state index contributed by atoms with van der Waals surface area (Å²) < 4.78 is 5.54. The van der Waals surface area contributed by atoms with Crippen molar-refractivity contribution in [1.29, 1.82) is 0 Å². The molecule has 8 heteroatoms. The lowest BCUT2D eigenvalue weighted by molar-refractivity contribution is -0.145. The molecule has 3 atom stereocenters. The Kier molecular flexibility index (Phi) is 7.38. The predicted octanol–water partition coefficient (Wildman–Crippen LogP) is 3.03. The highest BCUT2D eigenvalue weighted by Gasteiger charge is 2.38. The molecule has 2 aromatic rings. The number of fused-ring (bicyclic) bond motifs is 3. The van der Waals surface area contributed by atoms with Gasteiger partial charge in [0.05, 0.1) is 6.10 Å². The molecule has 33 heavy (non-hydrogen) atoms. The van der Waals surface area contributed by atoms with E-state index >= 15 is 0 Å². The van der Waals surface area contributed by atoms with Crippen LogP contribution >= 0.6 is 0 Å². The zero-order valence-corrected chi connectivity index (χ0v) is 19.0. The summed E-state index contributed by atoms with van der Waals surface area (Å²) in [6.45, 7) is 4.72. The Morgan fingerprint density at radius 3 is 2.09 bits per heavy atom. The number of aliphatic carboxylic acids is 1. The molecule has 0 bridgehead atoms. The van der Waals surface area contributed by atoms with E-state index in [2.05, 4.69) is 10.6 Å². The van der Waals surface area contributed by atoms with E-state index in [0.717, 1.165) is 22.3 Å². The maximum absolute atomic E-state index is 12.8. The number of carboxylic acids is 1. The minimum absolute atomic E-state index is 0.0924. The highest BCUT2D eigenvalue weighted by Crippen LogP contribution is 2.44. The van der Waals surface area contributed by atoms with Crippen molar-refractivity contribution in [3.8, 4) is 11.1 Å². The fourth-order valence-electron chi connectivity index (χ4n) is 4.28. The van der Waals surface area contributed by atoms with Crippen molar-refractivity contribution in [1.82, 2.24) is 10.6 Å². The number of ether oxygens (including phenoxy) is 1. The first-order chi connectivity index (χ1) is 15.7. The SMILES string of the molecule is CCCC(C)(NC(=O)OCC1c2ccccc2-c2ccccc21)C(=O)N[C@H](C(=O)O)[C@@H](C)O. The van der Waals surface area contributed by atoms with Gasteiger partial charge in [0.1, 0.15) is 12.1 Å². The lowest BCUT2D eigenvalue weighted by atomic mass is 9.94. The molecule has 0 saturated heterocycles. The van der Waals surface area contributed by atoms with Crippen LogP contribution in [0.15, 0.2) is 48.5 Å². The van der Waals surface area contributed by atoms with Crippen molar-refractivity contribution >= 4 is 18.0 Å². The second-order valence-electron chi connectivity index (χ2n) is 8.56. The first kappa shape index (κ1) is 24.3. The van der Waals surface area contributed by atoms with Gasteiger partial charge >= 0.3 is 12.1 Å². The average Bonchev–Trinajstić information content (AvgIpc) is 3.09. The number of carbonyl (C=O) groups excluding carboxylic acids is 2. The zero-order valence-electron chi connectivity index (χ0n) is 19.0. The van der Waals surface area contributed by atoms with Gasteiger partial charge in [-0.25, -0.2) is 9.59 Å². The van der Waals surface area contributed by atoms with Crippen LogP contribution in [0.3, 0.4) is 0 Å². The van der Waals surface area contributed by atoms with Crippen LogP contribution in [0, 0.1) is 0 Å². The molecule has 0 saturated carbocycles. The van der Waals surface area contributed by atoms with Crippen LogP contribution in [0.4, 0.5) is 4.79 Å². The maximum atomic E-state index is 12.8. The second-order valence-corrected chi connectivity index (χ2v) is 8.56. The first-order valence-electron chi connectivity index (χ1n) is 11.0. The summed E-state index contributed by atoms with van der Waals surface area (Å²) in [5.74, 6) is -2.19. The van der Waals surface area contributed by atoms with Crippen LogP contribution < -0.4 is 10.6 Å². The summed E-state index contributed by atoms with van der Waals surface area (Å²) in [5, 5.41) is 23.8. The quantitative estimate of drug-likeness (QED) is 0.462. The Bertz CT molecular complexity index is 992. The van der Waals surface area contributed by atoms with Gasteiger partial charge < -0.3 is 25.6 Å². The average molecular weight is 455 g/mol. The molecule has 0 radical (unpaired) electrons. The highest BCUT2D eigenvalue weighted by molar-refractivity contribution is 5.92. The van der Waals surface area contributed by atoms with Crippen molar-refractivity contribution in [2.75, 3.05) is 6.61 Å². The predicted molar refractivity (Wildman–Crippen MR) is 123 cm³/mol. The molecule has 0 fully saturated rings. The van der Waals surface area contributed by atoms with E-state index in [1.807, 2.05) is 55.5 Å². The molecule has 2 amide bonds. The van der Waals surface area contributed by atoms with Gasteiger partial charge in [-0.05, 0) is 42.5 Å². The van der Waals surface area contributed by atoms with E-state index in [1.165, 1.54) is 13.8 Å². The summed E-state index contributed by atoms with van der Waals surface area (Å²) >= 11 is 0. The third-order valence-electron chi connectivity index (χ3n) is 6.01. The first-order valence-corrected chi connectivity index (χ1v) is 11.0. The topological polar surface area (TPSA) is 125 Å². The summed E-state index contributed by atoms with van der Waals surface area (Å²) in [6, 6.07) is 14.4. The van der Waals surface area contributed by atoms with E-state index < -0.39 is 35.7 Å². The molecule has 1 aliphatic carbocycles. The molecule has 1 unspecified atom stereocenters. The van der Waals surface area contributed by atoms with Crippen LogP contribution in [-0.4, -0.2) is 52.5 Å². The Morgan fingerprint density at radius 1 is 1.06 bits per heavy atom. The standard InChI is InChI=1S/C25H30N2O6/c1-4-13-25(3,23(31)26-21(15(2)28)22(29)30)27-24(32)33-14-20-18-11-7-5-9-16(18)17-10-6-8-12-19(17)20/h5-12,15,20-21,28H,4,13-14H2,1-3H3,(H,26,31)(H,27,32)(H,29,30)/t15-,21+,25?/m1/s1. The van der Waals surface area contributed by atoms with Gasteiger partial charge in [-0.3, -0.25) is 4.79 Å². The third kappa shape index (κ3) is 5.17. The monoisotopic (exact) mass is 454 g/mol. The van der Waals surface area contributed by atoms with Crippen molar-refractivity contribution in [2.45, 2.75) is 57.2 Å². The van der Waals surface area contributed by atoms with Crippen molar-refractivity contribution < 1.29 is 29.3 Å². The van der Waals surface area contributed by atoms with Gasteiger partial charge in [0, 0.05) is 5.92 Å². The molecular formula is C25H30N2O6. The van der Waals surface area contributed by atoms with E-state index in [9.17, 15) is 24.6 Å². The molecule has 1 aliphatic rings. The van der Waals surface area contributed by atoms with Crippen LogP contribution in [0.5, 0.6) is 0 Å². The molecule has 4 N–H and O–H groups in total. The van der Waals surface area contributed by atoms with Gasteiger partial charge in [0.2, 0.25) is 5.91 Å². The molecule has 0 spiro atoms. The molecule has 0 aromatic heterocycles. The number of hydrogen-bond donors (Lipinski definition) is 4. The number of carbonyl (C=O) groups is 3. The maximum Gasteiger partial charge on any atom is 0.408 e. The number of amides is 2. The number of carboxylic acid groups (broad SMARTS) is 1. The lowest BCUT2D eigenvalue weighted by Gasteiger charge is -2.31. The fraction of sp³-hybridized carbons (Fsp3) is 0.400. The zero-order chi connectivity index (χ0) is 24.2. The van der Waals surface area contributed by atoms with E-state index in [0.29, 0.717) is 6.42 Å². The van der Waals surface area contributed by atoms with E-state index in [-0.39, 0.29) is 18.9 Å².